The molecule has 0 spiro atoms. The van der Waals surface area contributed by atoms with Crippen LogP contribution in [0.3, 0.4) is 0 Å². The molecule has 0 aliphatic rings. The van der Waals surface area contributed by atoms with E-state index in [4.69, 9.17) is 9.47 Å². The lowest BCUT2D eigenvalue weighted by molar-refractivity contribution is -0.154. The summed E-state index contributed by atoms with van der Waals surface area (Å²) in [5.41, 5.74) is 1.90. The number of ketones is 1. The molecule has 0 aliphatic heterocycles. The van der Waals surface area contributed by atoms with Crippen molar-refractivity contribution in [1.82, 2.24) is 0 Å². The Labute approximate surface area is 182 Å². The number of aliphatic hydroxyl groups excluding tert-OH is 1. The summed E-state index contributed by atoms with van der Waals surface area (Å²) in [5, 5.41) is 9.87. The number of carbonyl (C=O) groups excluding carboxylic acids is 3. The molecule has 0 aromatic rings. The highest BCUT2D eigenvalue weighted by Crippen LogP contribution is 2.19. The van der Waals surface area contributed by atoms with Crippen LogP contribution in [0.4, 0.5) is 0 Å². The summed E-state index contributed by atoms with van der Waals surface area (Å²) in [5.74, 6) is -2.02. The largest absolute Gasteiger partial charge is 0.466 e. The van der Waals surface area contributed by atoms with Gasteiger partial charge in [0.25, 0.3) is 0 Å². The number of hydrogen-bond donors (Lipinski definition) is 1. The van der Waals surface area contributed by atoms with Crippen molar-refractivity contribution in [3.63, 3.8) is 0 Å². The Bertz CT molecular complexity index is 593. The zero-order valence-corrected chi connectivity index (χ0v) is 20.4. The molecular formula is C24H42O6. The predicted molar refractivity (Wildman–Crippen MR) is 120 cm³/mol. The first kappa shape index (κ1) is 30.2. The highest BCUT2D eigenvalue weighted by molar-refractivity contribution is 6.05. The van der Waals surface area contributed by atoms with Gasteiger partial charge in [0.2, 0.25) is 0 Å². The van der Waals surface area contributed by atoms with E-state index in [1.54, 1.807) is 19.9 Å². The van der Waals surface area contributed by atoms with Crippen molar-refractivity contribution in [2.24, 2.45) is 23.7 Å². The number of aliphatic hydroxyl groups is 1. The minimum Gasteiger partial charge on any atom is -0.466 e. The molecule has 0 heterocycles. The summed E-state index contributed by atoms with van der Waals surface area (Å²) in [6.07, 6.45) is 2.44. The lowest BCUT2D eigenvalue weighted by Gasteiger charge is -2.22. The Hall–Kier alpha value is -1.95. The van der Waals surface area contributed by atoms with Crippen LogP contribution < -0.4 is 0 Å². The van der Waals surface area contributed by atoms with Crippen LogP contribution in [0.2, 0.25) is 0 Å². The molecule has 0 bridgehead atoms. The van der Waals surface area contributed by atoms with E-state index in [0.29, 0.717) is 13.2 Å². The maximum absolute atomic E-state index is 11.7. The van der Waals surface area contributed by atoms with Crippen LogP contribution in [0.15, 0.2) is 23.3 Å². The van der Waals surface area contributed by atoms with Crippen LogP contribution >= 0.6 is 0 Å². The van der Waals surface area contributed by atoms with Crippen molar-refractivity contribution >= 4 is 17.7 Å². The lowest BCUT2D eigenvalue weighted by atomic mass is 9.89. The molecule has 0 saturated heterocycles. The van der Waals surface area contributed by atoms with Crippen LogP contribution in [0, 0.1) is 23.7 Å². The number of esters is 2. The van der Waals surface area contributed by atoms with E-state index in [0.717, 1.165) is 11.1 Å². The summed E-state index contributed by atoms with van der Waals surface area (Å²) >= 11 is 0. The van der Waals surface area contributed by atoms with Gasteiger partial charge in [0, 0.05) is 0 Å². The molecular weight excluding hydrogens is 384 g/mol. The molecule has 174 valence electrons. The Kier molecular flexibility index (Phi) is 16.0. The summed E-state index contributed by atoms with van der Waals surface area (Å²) in [6.45, 7) is 19.1. The van der Waals surface area contributed by atoms with Gasteiger partial charge < -0.3 is 14.6 Å². The van der Waals surface area contributed by atoms with Crippen molar-refractivity contribution < 1.29 is 29.0 Å². The molecule has 6 heteroatoms. The van der Waals surface area contributed by atoms with Crippen LogP contribution in [-0.2, 0) is 23.9 Å². The van der Waals surface area contributed by atoms with E-state index in [1.807, 2.05) is 55.4 Å². The maximum Gasteiger partial charge on any atom is 0.317 e. The monoisotopic (exact) mass is 426 g/mol. The smallest absolute Gasteiger partial charge is 0.317 e. The molecule has 3 unspecified atom stereocenters. The standard InChI is InChI=1S/C12H22O3.C12H20O3/c2*1-6-15-12(14)11(9(4)5)10(13)7-8(2)3/h7,9-11,13H,6H2,1-5H3;7,9,11H,6H2,1-5H3. The fourth-order valence-corrected chi connectivity index (χ4v) is 2.81. The van der Waals surface area contributed by atoms with Gasteiger partial charge in [0.05, 0.1) is 25.2 Å². The van der Waals surface area contributed by atoms with Crippen LogP contribution in [0.1, 0.15) is 69.2 Å². The predicted octanol–water partition coefficient (Wildman–Crippen LogP) is 4.51. The van der Waals surface area contributed by atoms with E-state index in [9.17, 15) is 19.5 Å². The normalized spacial score (nSPS) is 13.4. The SMILES string of the molecule is CCOC(=O)C(C(=O)C=C(C)C)C(C)C.CCOC(=O)C(C(C)C)C(O)C=C(C)C. The highest BCUT2D eigenvalue weighted by atomic mass is 16.5. The van der Waals surface area contributed by atoms with Crippen molar-refractivity contribution in [3.8, 4) is 0 Å². The second-order valence-electron chi connectivity index (χ2n) is 8.35. The molecule has 3 atom stereocenters. The van der Waals surface area contributed by atoms with Gasteiger partial charge in [-0.3, -0.25) is 14.4 Å². The van der Waals surface area contributed by atoms with Gasteiger partial charge >= 0.3 is 11.9 Å². The van der Waals surface area contributed by atoms with Crippen molar-refractivity contribution in [1.29, 1.82) is 0 Å². The maximum atomic E-state index is 11.7. The molecule has 0 aliphatic carbocycles. The van der Waals surface area contributed by atoms with Gasteiger partial charge in [-0.2, -0.15) is 0 Å². The average Bonchev–Trinajstić information content (AvgIpc) is 2.53. The Balaban J connectivity index is 0. The van der Waals surface area contributed by atoms with E-state index in [-0.39, 0.29) is 23.6 Å². The molecule has 30 heavy (non-hydrogen) atoms. The first-order chi connectivity index (χ1) is 13.8. The lowest BCUT2D eigenvalue weighted by Crippen LogP contribution is -2.33. The van der Waals surface area contributed by atoms with Crippen molar-refractivity contribution in [2.45, 2.75) is 75.3 Å². The second-order valence-corrected chi connectivity index (χ2v) is 8.35. The van der Waals surface area contributed by atoms with Gasteiger partial charge in [-0.05, 0) is 59.5 Å². The first-order valence-corrected chi connectivity index (χ1v) is 10.6. The first-order valence-electron chi connectivity index (χ1n) is 10.6. The van der Waals surface area contributed by atoms with Gasteiger partial charge in [0.1, 0.15) is 5.92 Å². The van der Waals surface area contributed by atoms with Crippen LogP contribution in [-0.4, -0.2) is 42.1 Å². The third-order valence-electron chi connectivity index (χ3n) is 4.09. The fourth-order valence-electron chi connectivity index (χ4n) is 2.81. The summed E-state index contributed by atoms with van der Waals surface area (Å²) in [6, 6.07) is 0. The Morgan fingerprint density at radius 1 is 0.800 bits per heavy atom. The third kappa shape index (κ3) is 12.6. The third-order valence-corrected chi connectivity index (χ3v) is 4.09. The topological polar surface area (TPSA) is 89.9 Å². The molecule has 1 N–H and O–H groups in total. The van der Waals surface area contributed by atoms with Gasteiger partial charge in [-0.25, -0.2) is 0 Å². The van der Waals surface area contributed by atoms with Crippen molar-refractivity contribution in [2.75, 3.05) is 13.2 Å². The quantitative estimate of drug-likeness (QED) is 0.239. The number of hydrogen-bond acceptors (Lipinski definition) is 6. The fraction of sp³-hybridized carbons (Fsp3) is 0.708. The number of ether oxygens (including phenoxy) is 2. The molecule has 0 amide bonds. The molecule has 0 fully saturated rings. The number of rotatable bonds is 10. The minimum atomic E-state index is -0.756. The van der Waals surface area contributed by atoms with E-state index in [1.165, 1.54) is 6.08 Å². The molecule has 0 aromatic heterocycles. The minimum absolute atomic E-state index is 0.0350. The van der Waals surface area contributed by atoms with Gasteiger partial charge in [-0.15, -0.1) is 0 Å². The number of allylic oxidation sites excluding steroid dienone is 3. The van der Waals surface area contributed by atoms with Gasteiger partial charge in [-0.1, -0.05) is 44.9 Å². The second kappa shape index (κ2) is 15.8. The zero-order valence-electron chi connectivity index (χ0n) is 20.4. The Morgan fingerprint density at radius 2 is 1.27 bits per heavy atom. The summed E-state index contributed by atoms with van der Waals surface area (Å²) in [4.78, 5) is 34.9. The molecule has 0 radical (unpaired) electrons. The average molecular weight is 427 g/mol. The van der Waals surface area contributed by atoms with Crippen LogP contribution in [0.25, 0.3) is 0 Å². The summed E-state index contributed by atoms with van der Waals surface area (Å²) in [7, 11) is 0. The molecule has 6 nitrogen and oxygen atoms in total. The van der Waals surface area contributed by atoms with Crippen molar-refractivity contribution in [3.05, 3.63) is 23.3 Å². The van der Waals surface area contributed by atoms with E-state index in [2.05, 4.69) is 0 Å². The summed E-state index contributed by atoms with van der Waals surface area (Å²) < 4.78 is 9.82. The Morgan fingerprint density at radius 3 is 1.60 bits per heavy atom. The van der Waals surface area contributed by atoms with E-state index < -0.39 is 23.9 Å². The molecule has 0 rings (SSSR count). The van der Waals surface area contributed by atoms with E-state index >= 15 is 0 Å². The zero-order chi connectivity index (χ0) is 24.0. The van der Waals surface area contributed by atoms with Gasteiger partial charge in [0.15, 0.2) is 5.78 Å². The molecule has 0 aromatic carbocycles. The highest BCUT2D eigenvalue weighted by Gasteiger charge is 2.30. The van der Waals surface area contributed by atoms with Crippen LogP contribution in [0.5, 0.6) is 0 Å². The molecule has 0 saturated carbocycles. The number of carbonyl (C=O) groups is 3.